The van der Waals surface area contributed by atoms with Crippen LogP contribution in [0.1, 0.15) is 114 Å². The fourth-order valence-electron chi connectivity index (χ4n) is 11.5. The third-order valence-corrected chi connectivity index (χ3v) is 13.8. The van der Waals surface area contributed by atoms with Crippen molar-refractivity contribution in [3.05, 3.63) is 39.2 Å². The highest BCUT2D eigenvalue weighted by Crippen LogP contribution is 2.65. The van der Waals surface area contributed by atoms with Crippen LogP contribution < -0.4 is 10.5 Å². The molecule has 246 valence electrons. The summed E-state index contributed by atoms with van der Waals surface area (Å²) in [5.41, 5.74) is 6.85. The number of oxime groups is 1. The van der Waals surface area contributed by atoms with Crippen LogP contribution in [-0.2, 0) is 33.7 Å². The zero-order chi connectivity index (χ0) is 31.6. The molecule has 46 heavy (non-hydrogen) atoms. The highest BCUT2D eigenvalue weighted by Gasteiger charge is 2.59. The number of hydrogen-bond donors (Lipinski definition) is 0. The standard InChI is InChI=1S/C39H50N2O5/c1-38-16-14-27(42)22-26(38)10-11-29-32-12-13-34(39(32,2)17-15-33(29)38)40-45-23-28(43)8-3-6-24-21-35(44)46-37-30-9-5-19-41-18-4-7-25(36(30)41)20-31(24)37/h20-21,26,29,32-33H,3-19,22-23H2,1-2H3/b40-34-/t26-,29-,32-,33-,38-,39-/m0/s1. The van der Waals surface area contributed by atoms with Gasteiger partial charge in [-0.2, -0.15) is 0 Å². The molecule has 4 saturated carbocycles. The second kappa shape index (κ2) is 11.6. The number of hydrogen-bond acceptors (Lipinski definition) is 7. The van der Waals surface area contributed by atoms with E-state index in [1.54, 1.807) is 6.07 Å². The Morgan fingerprint density at radius 1 is 1.00 bits per heavy atom. The molecule has 0 spiro atoms. The molecule has 2 aromatic rings. The largest absolute Gasteiger partial charge is 0.422 e. The average molecular weight is 627 g/mol. The second-order valence-corrected chi connectivity index (χ2v) is 16.1. The number of ketones is 2. The van der Waals surface area contributed by atoms with E-state index in [9.17, 15) is 14.4 Å². The van der Waals surface area contributed by atoms with Crippen molar-refractivity contribution in [2.75, 3.05) is 24.6 Å². The van der Waals surface area contributed by atoms with Gasteiger partial charge in [-0.3, -0.25) is 9.59 Å². The van der Waals surface area contributed by atoms with E-state index in [2.05, 4.69) is 30.0 Å². The number of nitrogens with zero attached hydrogens (tertiary/aromatic N) is 2. The Labute approximate surface area is 272 Å². The summed E-state index contributed by atoms with van der Waals surface area (Å²) in [6.07, 6.45) is 15.6. The van der Waals surface area contributed by atoms with Crippen LogP contribution in [0.3, 0.4) is 0 Å². The minimum absolute atomic E-state index is 0.00917. The van der Waals surface area contributed by atoms with Gasteiger partial charge in [0.15, 0.2) is 12.4 Å². The van der Waals surface area contributed by atoms with Crippen LogP contribution in [0.25, 0.3) is 11.0 Å². The van der Waals surface area contributed by atoms with Crippen molar-refractivity contribution < 1.29 is 18.8 Å². The highest BCUT2D eigenvalue weighted by atomic mass is 16.6. The van der Waals surface area contributed by atoms with Crippen LogP contribution in [0.2, 0.25) is 0 Å². The van der Waals surface area contributed by atoms with Crippen molar-refractivity contribution >= 4 is 33.9 Å². The van der Waals surface area contributed by atoms with E-state index in [1.165, 1.54) is 36.1 Å². The van der Waals surface area contributed by atoms with Crippen molar-refractivity contribution in [3.63, 3.8) is 0 Å². The monoisotopic (exact) mass is 626 g/mol. The van der Waals surface area contributed by atoms with E-state index < -0.39 is 0 Å². The molecule has 6 aliphatic rings. The van der Waals surface area contributed by atoms with Gasteiger partial charge in [0.1, 0.15) is 11.4 Å². The van der Waals surface area contributed by atoms with Crippen LogP contribution in [0.15, 0.2) is 26.5 Å². The van der Waals surface area contributed by atoms with Gasteiger partial charge in [0.05, 0.1) is 5.71 Å². The van der Waals surface area contributed by atoms with Crippen LogP contribution in [0.4, 0.5) is 5.69 Å². The Morgan fingerprint density at radius 2 is 1.85 bits per heavy atom. The van der Waals surface area contributed by atoms with Crippen LogP contribution in [0, 0.1) is 34.5 Å². The lowest BCUT2D eigenvalue weighted by Gasteiger charge is -2.59. The number of benzene rings is 1. The van der Waals surface area contributed by atoms with E-state index in [0.717, 1.165) is 105 Å². The zero-order valence-corrected chi connectivity index (χ0v) is 27.8. The lowest BCUT2D eigenvalue weighted by Crippen LogP contribution is -2.53. The highest BCUT2D eigenvalue weighted by molar-refractivity contribution is 5.92. The molecule has 4 fully saturated rings. The van der Waals surface area contributed by atoms with Crippen LogP contribution in [-0.4, -0.2) is 37.0 Å². The Morgan fingerprint density at radius 3 is 2.72 bits per heavy atom. The molecular formula is C39H50N2O5. The molecule has 3 heterocycles. The van der Waals surface area contributed by atoms with E-state index in [4.69, 9.17) is 9.25 Å². The van der Waals surface area contributed by atoms with E-state index in [-0.39, 0.29) is 23.4 Å². The summed E-state index contributed by atoms with van der Waals surface area (Å²) in [6.45, 7) is 7.06. The molecule has 0 N–H and O–H groups in total. The summed E-state index contributed by atoms with van der Waals surface area (Å²) >= 11 is 0. The maximum Gasteiger partial charge on any atom is 0.336 e. The molecule has 0 saturated heterocycles. The number of anilines is 1. The fourth-order valence-corrected chi connectivity index (χ4v) is 11.5. The first-order valence-electron chi connectivity index (χ1n) is 18.3. The Bertz CT molecular complexity index is 1660. The van der Waals surface area contributed by atoms with E-state index in [0.29, 0.717) is 48.2 Å². The molecule has 0 bridgehead atoms. The maximum atomic E-state index is 12.9. The van der Waals surface area contributed by atoms with Crippen molar-refractivity contribution in [2.24, 2.45) is 39.7 Å². The third-order valence-electron chi connectivity index (χ3n) is 13.8. The molecule has 0 unspecified atom stereocenters. The molecule has 2 aliphatic heterocycles. The number of carbonyl (C=O) groups is 2. The van der Waals surface area contributed by atoms with E-state index in [1.807, 2.05) is 0 Å². The van der Waals surface area contributed by atoms with Crippen molar-refractivity contribution in [3.8, 4) is 0 Å². The number of rotatable bonds is 7. The molecule has 0 amide bonds. The molecular weight excluding hydrogens is 576 g/mol. The number of aryl methyl sites for hydroxylation is 3. The van der Waals surface area contributed by atoms with Gasteiger partial charge in [-0.15, -0.1) is 0 Å². The number of Topliss-reactive ketones (excluding diaryl/α,β-unsaturated/α-hetero) is 2. The summed E-state index contributed by atoms with van der Waals surface area (Å²) in [6, 6.07) is 3.88. The fraction of sp³-hybridized carbons (Fsp3) is 0.692. The lowest BCUT2D eigenvalue weighted by atomic mass is 9.45. The summed E-state index contributed by atoms with van der Waals surface area (Å²) in [4.78, 5) is 46.0. The van der Waals surface area contributed by atoms with Crippen molar-refractivity contribution in [1.82, 2.24) is 0 Å². The summed E-state index contributed by atoms with van der Waals surface area (Å²) in [5, 5.41) is 5.70. The van der Waals surface area contributed by atoms with Gasteiger partial charge in [0.25, 0.3) is 0 Å². The first-order valence-corrected chi connectivity index (χ1v) is 18.3. The molecule has 7 heteroatoms. The maximum absolute atomic E-state index is 12.9. The van der Waals surface area contributed by atoms with Gasteiger partial charge in [0.2, 0.25) is 0 Å². The van der Waals surface area contributed by atoms with Gasteiger partial charge in [-0.25, -0.2) is 4.79 Å². The van der Waals surface area contributed by atoms with Crippen LogP contribution >= 0.6 is 0 Å². The Kier molecular flexibility index (Phi) is 7.68. The quantitative estimate of drug-likeness (QED) is 0.236. The van der Waals surface area contributed by atoms with Gasteiger partial charge in [0, 0.05) is 60.5 Å². The smallest absolute Gasteiger partial charge is 0.336 e. The summed E-state index contributed by atoms with van der Waals surface area (Å²) in [5.74, 6) is 3.16. The predicted octanol–water partition coefficient (Wildman–Crippen LogP) is 7.37. The van der Waals surface area contributed by atoms with Gasteiger partial charge >= 0.3 is 5.63 Å². The Hall–Kier alpha value is -2.96. The van der Waals surface area contributed by atoms with Crippen molar-refractivity contribution in [2.45, 2.75) is 117 Å². The average Bonchev–Trinajstić information content (AvgIpc) is 3.38. The second-order valence-electron chi connectivity index (χ2n) is 16.1. The number of carbonyl (C=O) groups excluding carboxylic acids is 2. The van der Waals surface area contributed by atoms with Gasteiger partial charge in [-0.05, 0) is 130 Å². The zero-order valence-electron chi connectivity index (χ0n) is 27.8. The minimum atomic E-state index is -0.300. The molecule has 8 rings (SSSR count). The minimum Gasteiger partial charge on any atom is -0.422 e. The SMILES string of the molecule is C[C@]12CCC(=O)C[C@@H]1CC[C@@H]1[C@@H]2CC[C@]2(C)/C(=N\OCC(=O)CCCc3cc(=O)oc4c5c6c(cc34)CCCN6CCC5)CC[C@@H]12. The Balaban J connectivity index is 0.889. The van der Waals surface area contributed by atoms with Crippen LogP contribution in [0.5, 0.6) is 0 Å². The molecule has 4 aliphatic carbocycles. The molecule has 1 aromatic heterocycles. The third kappa shape index (κ3) is 4.97. The molecule has 1 aromatic carbocycles. The molecule has 6 atom stereocenters. The van der Waals surface area contributed by atoms with Crippen molar-refractivity contribution in [1.29, 1.82) is 0 Å². The summed E-state index contributed by atoms with van der Waals surface area (Å²) in [7, 11) is 0. The first kappa shape index (κ1) is 30.4. The topological polar surface area (TPSA) is 89.2 Å². The molecule has 7 nitrogen and oxygen atoms in total. The summed E-state index contributed by atoms with van der Waals surface area (Å²) < 4.78 is 5.81. The normalized spacial score (nSPS) is 34.2. The van der Waals surface area contributed by atoms with Gasteiger partial charge in [-0.1, -0.05) is 19.0 Å². The number of fused-ring (bicyclic) bond motifs is 7. The predicted molar refractivity (Wildman–Crippen MR) is 179 cm³/mol. The van der Waals surface area contributed by atoms with E-state index >= 15 is 0 Å². The first-order chi connectivity index (χ1) is 22.2. The lowest BCUT2D eigenvalue weighted by molar-refractivity contribution is -0.136. The molecule has 0 radical (unpaired) electrons. The van der Waals surface area contributed by atoms with Gasteiger partial charge < -0.3 is 14.2 Å².